The largest absolute Gasteiger partial charge is 0.573 e. The van der Waals surface area contributed by atoms with Crippen LogP contribution in [0.1, 0.15) is 50.5 Å². The number of hydrogen-bond donors (Lipinski definition) is 0. The third-order valence-corrected chi connectivity index (χ3v) is 7.92. The van der Waals surface area contributed by atoms with Gasteiger partial charge in [-0.2, -0.15) is 8.78 Å². The van der Waals surface area contributed by atoms with Crippen molar-refractivity contribution in [2.24, 2.45) is 23.7 Å². The molecule has 1 saturated carbocycles. The Morgan fingerprint density at radius 2 is 1.65 bits per heavy atom. The molecule has 40 heavy (non-hydrogen) atoms. The van der Waals surface area contributed by atoms with Gasteiger partial charge in [0, 0.05) is 6.42 Å². The maximum absolute atomic E-state index is 14.9. The van der Waals surface area contributed by atoms with Crippen molar-refractivity contribution >= 4 is 0 Å². The Balaban J connectivity index is 1.14. The molecule has 1 aromatic carbocycles. The second kappa shape index (κ2) is 13.6. The van der Waals surface area contributed by atoms with E-state index in [1.807, 2.05) is 6.08 Å². The number of rotatable bonds is 10. The lowest BCUT2D eigenvalue weighted by Crippen LogP contribution is -2.44. The van der Waals surface area contributed by atoms with E-state index in [-0.39, 0.29) is 19.6 Å². The fourth-order valence-corrected chi connectivity index (χ4v) is 5.69. The van der Waals surface area contributed by atoms with Crippen molar-refractivity contribution in [3.05, 3.63) is 66.5 Å². The smallest absolute Gasteiger partial charge is 0.403 e. The minimum Gasteiger partial charge on any atom is -0.403 e. The zero-order valence-electron chi connectivity index (χ0n) is 22.3. The second-order valence-corrected chi connectivity index (χ2v) is 10.8. The van der Waals surface area contributed by atoms with Crippen molar-refractivity contribution in [2.75, 3.05) is 13.2 Å². The van der Waals surface area contributed by atoms with Gasteiger partial charge in [-0.05, 0) is 80.4 Å². The molecule has 0 spiro atoms. The number of benzene rings is 1. The number of halogens is 6. The molecule has 0 aromatic heterocycles. The van der Waals surface area contributed by atoms with Crippen LogP contribution in [-0.2, 0) is 20.6 Å². The van der Waals surface area contributed by atoms with E-state index in [0.717, 1.165) is 37.8 Å². The molecule has 2 aliphatic carbocycles. The van der Waals surface area contributed by atoms with Crippen LogP contribution in [-0.4, -0.2) is 38.1 Å². The van der Waals surface area contributed by atoms with Crippen molar-refractivity contribution in [3.63, 3.8) is 0 Å². The Morgan fingerprint density at radius 3 is 2.25 bits per heavy atom. The summed E-state index contributed by atoms with van der Waals surface area (Å²) >= 11 is 0. The molecule has 2 unspecified atom stereocenters. The molecule has 0 amide bonds. The summed E-state index contributed by atoms with van der Waals surface area (Å²) in [7, 11) is 0. The van der Waals surface area contributed by atoms with Gasteiger partial charge in [0.1, 0.15) is 6.10 Å². The Bertz CT molecular complexity index is 1020. The summed E-state index contributed by atoms with van der Waals surface area (Å²) in [5, 5.41) is 0. The lowest BCUT2D eigenvalue weighted by molar-refractivity contribution is -0.332. The average Bonchev–Trinajstić information content (AvgIpc) is 2.93. The highest BCUT2D eigenvalue weighted by molar-refractivity contribution is 5.30. The van der Waals surface area contributed by atoms with E-state index < -0.39 is 42.3 Å². The van der Waals surface area contributed by atoms with Crippen LogP contribution in [0, 0.1) is 29.5 Å². The zero-order valence-corrected chi connectivity index (χ0v) is 22.3. The minimum atomic E-state index is -4.97. The van der Waals surface area contributed by atoms with E-state index >= 15 is 0 Å². The van der Waals surface area contributed by atoms with Gasteiger partial charge >= 0.3 is 12.5 Å². The van der Waals surface area contributed by atoms with E-state index in [2.05, 4.69) is 23.5 Å². The highest BCUT2D eigenvalue weighted by Gasteiger charge is 2.46. The lowest BCUT2D eigenvalue weighted by atomic mass is 9.71. The summed E-state index contributed by atoms with van der Waals surface area (Å²) in [5.74, 6) is -1.51. The second-order valence-electron chi connectivity index (χ2n) is 10.8. The molecule has 0 radical (unpaired) electrons. The lowest BCUT2D eigenvalue weighted by Gasteiger charge is -2.39. The molecule has 1 aromatic rings. The fourth-order valence-electron chi connectivity index (χ4n) is 5.69. The minimum absolute atomic E-state index is 0.0212. The van der Waals surface area contributed by atoms with Crippen LogP contribution in [0.25, 0.3) is 0 Å². The Labute approximate surface area is 231 Å². The van der Waals surface area contributed by atoms with Gasteiger partial charge < -0.3 is 18.9 Å². The van der Waals surface area contributed by atoms with Crippen molar-refractivity contribution < 1.29 is 45.3 Å². The van der Waals surface area contributed by atoms with Gasteiger partial charge in [-0.1, -0.05) is 36.4 Å². The predicted molar refractivity (Wildman–Crippen MR) is 137 cm³/mol. The van der Waals surface area contributed by atoms with E-state index in [4.69, 9.17) is 14.2 Å². The van der Waals surface area contributed by atoms with Crippen LogP contribution >= 0.6 is 0 Å². The molecule has 1 saturated heterocycles. The van der Waals surface area contributed by atoms with Gasteiger partial charge in [-0.15, -0.1) is 19.8 Å². The van der Waals surface area contributed by atoms with Crippen molar-refractivity contribution in [2.45, 2.75) is 76.2 Å². The van der Waals surface area contributed by atoms with Crippen LogP contribution in [0.4, 0.5) is 26.3 Å². The summed E-state index contributed by atoms with van der Waals surface area (Å²) < 4.78 is 100. The van der Waals surface area contributed by atoms with Gasteiger partial charge in [0.05, 0.1) is 19.1 Å². The van der Waals surface area contributed by atoms with Crippen LogP contribution in [0.15, 0.2) is 55.2 Å². The van der Waals surface area contributed by atoms with E-state index in [1.165, 1.54) is 6.07 Å². The Morgan fingerprint density at radius 1 is 0.925 bits per heavy atom. The summed E-state index contributed by atoms with van der Waals surface area (Å²) in [4.78, 5) is 0. The van der Waals surface area contributed by atoms with Crippen LogP contribution in [0.3, 0.4) is 0 Å². The average molecular weight is 575 g/mol. The molecule has 2 atom stereocenters. The predicted octanol–water partition coefficient (Wildman–Crippen LogP) is 8.14. The molecule has 222 valence electrons. The molecule has 3 aliphatic rings. The molecule has 10 heteroatoms. The SMILES string of the molecule is C=CC1C=CC(C2CCC(C(F)(F)OC3COC(C/C=C\Cc4ccc(OC(F)(F)F)c(F)c4)OC3)CC2)CC1. The monoisotopic (exact) mass is 574 g/mol. The van der Waals surface area contributed by atoms with Gasteiger partial charge in [-0.25, -0.2) is 4.39 Å². The summed E-state index contributed by atoms with van der Waals surface area (Å²) in [6.07, 6.45) is 5.20. The van der Waals surface area contributed by atoms with Crippen molar-refractivity contribution in [1.82, 2.24) is 0 Å². The molecule has 1 aliphatic heterocycles. The van der Waals surface area contributed by atoms with Gasteiger partial charge in [0.25, 0.3) is 0 Å². The topological polar surface area (TPSA) is 36.9 Å². The molecular formula is C30H36F6O4. The first-order valence-electron chi connectivity index (χ1n) is 13.8. The van der Waals surface area contributed by atoms with Crippen LogP contribution < -0.4 is 4.74 Å². The standard InChI is InChI=1S/C30H36F6O4/c1-2-20-7-10-22(11-8-20)23-12-14-24(15-13-23)29(32,33)39-25-18-37-28(38-19-25)6-4-3-5-21-9-16-27(26(31)17-21)40-30(34,35)36/h2-4,7,9-10,16-17,20,22-25,28H,1,5-6,8,11-15,18-19H2/b4-3-. The number of alkyl halides is 5. The molecule has 4 rings (SSSR count). The molecule has 4 nitrogen and oxygen atoms in total. The van der Waals surface area contributed by atoms with Crippen LogP contribution in [0.5, 0.6) is 5.75 Å². The molecule has 1 heterocycles. The molecule has 2 fully saturated rings. The fraction of sp³-hybridized carbons (Fsp3) is 0.600. The number of ether oxygens (including phenoxy) is 4. The quantitative estimate of drug-likeness (QED) is 0.209. The Hall–Kier alpha value is -2.30. The van der Waals surface area contributed by atoms with Gasteiger partial charge in [0.15, 0.2) is 17.9 Å². The maximum Gasteiger partial charge on any atom is 0.573 e. The highest BCUT2D eigenvalue weighted by Crippen LogP contribution is 2.44. The van der Waals surface area contributed by atoms with E-state index in [0.29, 0.717) is 42.6 Å². The summed E-state index contributed by atoms with van der Waals surface area (Å²) in [5.41, 5.74) is 0.454. The summed E-state index contributed by atoms with van der Waals surface area (Å²) in [6, 6.07) is 3.23. The third-order valence-electron chi connectivity index (χ3n) is 7.92. The highest BCUT2D eigenvalue weighted by atomic mass is 19.4. The first-order chi connectivity index (χ1) is 19.0. The van der Waals surface area contributed by atoms with E-state index in [9.17, 15) is 26.3 Å². The van der Waals surface area contributed by atoms with Crippen LogP contribution in [0.2, 0.25) is 0 Å². The van der Waals surface area contributed by atoms with Crippen molar-refractivity contribution in [3.8, 4) is 5.75 Å². The first kappa shape index (κ1) is 30.7. The summed E-state index contributed by atoms with van der Waals surface area (Å²) in [6.45, 7) is 3.80. The van der Waals surface area contributed by atoms with E-state index in [1.54, 1.807) is 12.2 Å². The van der Waals surface area contributed by atoms with Crippen molar-refractivity contribution in [1.29, 1.82) is 0 Å². The maximum atomic E-state index is 14.9. The number of allylic oxidation sites excluding steroid dienone is 4. The number of hydrogen-bond acceptors (Lipinski definition) is 4. The third kappa shape index (κ3) is 8.85. The zero-order chi connectivity index (χ0) is 28.8. The Kier molecular flexibility index (Phi) is 10.4. The normalized spacial score (nSPS) is 29.9. The van der Waals surface area contributed by atoms with Gasteiger partial charge in [-0.3, -0.25) is 0 Å². The molecule has 0 N–H and O–H groups in total. The first-order valence-corrected chi connectivity index (χ1v) is 13.8. The van der Waals surface area contributed by atoms with Gasteiger partial charge in [0.2, 0.25) is 0 Å². The molecule has 0 bridgehead atoms. The molecular weight excluding hydrogens is 538 g/mol.